The summed E-state index contributed by atoms with van der Waals surface area (Å²) >= 11 is 1.32. The third-order valence-electron chi connectivity index (χ3n) is 4.55. The van der Waals surface area contributed by atoms with Crippen LogP contribution in [0.25, 0.3) is 0 Å². The highest BCUT2D eigenvalue weighted by Crippen LogP contribution is 2.33. The van der Waals surface area contributed by atoms with Crippen LogP contribution in [0.4, 0.5) is 0 Å². The summed E-state index contributed by atoms with van der Waals surface area (Å²) in [5.74, 6) is -1.53. The molecule has 1 N–H and O–H groups in total. The zero-order chi connectivity index (χ0) is 17.0. The van der Waals surface area contributed by atoms with E-state index >= 15 is 0 Å². The van der Waals surface area contributed by atoms with Crippen LogP contribution in [0.5, 0.6) is 0 Å². The van der Waals surface area contributed by atoms with E-state index in [4.69, 9.17) is 0 Å². The molecule has 0 unspecified atom stereocenters. The summed E-state index contributed by atoms with van der Waals surface area (Å²) in [5.41, 5.74) is -1.14. The average molecular weight is 338 g/mol. The van der Waals surface area contributed by atoms with Crippen LogP contribution in [0.3, 0.4) is 0 Å². The molecule has 2 amide bonds. The van der Waals surface area contributed by atoms with Gasteiger partial charge in [0, 0.05) is 14.1 Å². The second-order valence-electron chi connectivity index (χ2n) is 5.99. The quantitative estimate of drug-likeness (QED) is 0.891. The summed E-state index contributed by atoms with van der Waals surface area (Å²) in [5, 5.41) is 11.4. The van der Waals surface area contributed by atoms with E-state index in [0.29, 0.717) is 17.7 Å². The van der Waals surface area contributed by atoms with Crippen molar-refractivity contribution >= 4 is 29.1 Å². The third-order valence-corrected chi connectivity index (χ3v) is 5.40. The first kappa shape index (κ1) is 17.5. The fourth-order valence-corrected chi connectivity index (χ4v) is 3.75. The summed E-state index contributed by atoms with van der Waals surface area (Å²) in [4.78, 5) is 39.7. The first-order valence-electron chi connectivity index (χ1n) is 7.67. The summed E-state index contributed by atoms with van der Waals surface area (Å²) in [6.45, 7) is -0.123. The summed E-state index contributed by atoms with van der Waals surface area (Å²) in [6, 6.07) is 3.48. The zero-order valence-corrected chi connectivity index (χ0v) is 14.3. The van der Waals surface area contributed by atoms with Crippen LogP contribution in [0.2, 0.25) is 0 Å². The predicted molar refractivity (Wildman–Crippen MR) is 87.5 cm³/mol. The van der Waals surface area contributed by atoms with Crippen molar-refractivity contribution in [3.8, 4) is 0 Å². The SMILES string of the molecule is CN(CC(=O)N(C)C1(C(=O)O)CCCCC1)C(=O)c1cccs1. The Morgan fingerprint density at radius 1 is 1.22 bits per heavy atom. The Bertz CT molecular complexity index is 579. The molecule has 1 saturated carbocycles. The number of aliphatic carboxylic acids is 1. The smallest absolute Gasteiger partial charge is 0.329 e. The highest BCUT2D eigenvalue weighted by Gasteiger charge is 2.45. The highest BCUT2D eigenvalue weighted by molar-refractivity contribution is 7.12. The third kappa shape index (κ3) is 3.55. The molecule has 0 aliphatic heterocycles. The van der Waals surface area contributed by atoms with E-state index in [1.807, 2.05) is 0 Å². The Kier molecular flexibility index (Phi) is 5.41. The molecule has 1 fully saturated rings. The lowest BCUT2D eigenvalue weighted by Crippen LogP contribution is -2.58. The fraction of sp³-hybridized carbons (Fsp3) is 0.562. The molecule has 7 heteroatoms. The molecule has 126 valence electrons. The van der Waals surface area contributed by atoms with Gasteiger partial charge in [-0.2, -0.15) is 0 Å². The molecule has 1 aromatic rings. The largest absolute Gasteiger partial charge is 0.479 e. The Balaban J connectivity index is 2.06. The van der Waals surface area contributed by atoms with Crippen molar-refractivity contribution in [3.05, 3.63) is 22.4 Å². The molecular weight excluding hydrogens is 316 g/mol. The standard InChI is InChI=1S/C16H22N2O4S/c1-17(14(20)12-7-6-10-23-12)11-13(19)18(2)16(15(21)22)8-4-3-5-9-16/h6-7,10H,3-5,8-9,11H2,1-2H3,(H,21,22). The maximum absolute atomic E-state index is 12.5. The molecule has 0 radical (unpaired) electrons. The van der Waals surface area contributed by atoms with Crippen LogP contribution >= 0.6 is 11.3 Å². The van der Waals surface area contributed by atoms with E-state index in [1.165, 1.54) is 28.2 Å². The van der Waals surface area contributed by atoms with Crippen molar-refractivity contribution in [1.29, 1.82) is 0 Å². The minimum atomic E-state index is -1.14. The van der Waals surface area contributed by atoms with Gasteiger partial charge < -0.3 is 14.9 Å². The number of carboxylic acid groups (broad SMARTS) is 1. The summed E-state index contributed by atoms with van der Waals surface area (Å²) < 4.78 is 0. The molecule has 0 atom stereocenters. The van der Waals surface area contributed by atoms with Gasteiger partial charge in [0.2, 0.25) is 5.91 Å². The Labute approximate surface area is 139 Å². The number of carbonyl (C=O) groups excluding carboxylic acids is 2. The molecule has 1 aliphatic rings. The number of carbonyl (C=O) groups is 3. The van der Waals surface area contributed by atoms with E-state index in [-0.39, 0.29) is 18.4 Å². The van der Waals surface area contributed by atoms with Crippen molar-refractivity contribution < 1.29 is 19.5 Å². The van der Waals surface area contributed by atoms with Crippen molar-refractivity contribution in [2.45, 2.75) is 37.6 Å². The van der Waals surface area contributed by atoms with Gasteiger partial charge >= 0.3 is 5.97 Å². The Hall–Kier alpha value is -1.89. The molecule has 0 spiro atoms. The summed E-state index contributed by atoms with van der Waals surface area (Å²) in [6.07, 6.45) is 3.52. The number of nitrogens with zero attached hydrogens (tertiary/aromatic N) is 2. The van der Waals surface area contributed by atoms with Gasteiger partial charge in [0.1, 0.15) is 5.54 Å². The number of hydrogen-bond acceptors (Lipinski definition) is 4. The summed E-state index contributed by atoms with van der Waals surface area (Å²) in [7, 11) is 3.09. The lowest BCUT2D eigenvalue weighted by molar-refractivity contribution is -0.160. The predicted octanol–water partition coefficient (Wildman–Crippen LogP) is 2.07. The van der Waals surface area contributed by atoms with Crippen LogP contribution in [0, 0.1) is 0 Å². The molecule has 23 heavy (non-hydrogen) atoms. The topological polar surface area (TPSA) is 77.9 Å². The molecule has 1 aliphatic carbocycles. The molecule has 0 bridgehead atoms. The number of hydrogen-bond donors (Lipinski definition) is 1. The maximum Gasteiger partial charge on any atom is 0.329 e. The van der Waals surface area contributed by atoms with Crippen molar-refractivity contribution in [2.24, 2.45) is 0 Å². The van der Waals surface area contributed by atoms with E-state index < -0.39 is 11.5 Å². The van der Waals surface area contributed by atoms with E-state index in [2.05, 4.69) is 0 Å². The van der Waals surface area contributed by atoms with Crippen LogP contribution in [0.15, 0.2) is 17.5 Å². The van der Waals surface area contributed by atoms with Gasteiger partial charge in [-0.25, -0.2) is 4.79 Å². The number of likely N-dealkylation sites (N-methyl/N-ethyl adjacent to an activating group) is 2. The van der Waals surface area contributed by atoms with Gasteiger partial charge in [-0.05, 0) is 24.3 Å². The molecule has 1 aromatic heterocycles. The number of thiophene rings is 1. The lowest BCUT2D eigenvalue weighted by Gasteiger charge is -2.41. The van der Waals surface area contributed by atoms with Crippen LogP contribution in [0.1, 0.15) is 41.8 Å². The zero-order valence-electron chi connectivity index (χ0n) is 13.4. The lowest BCUT2D eigenvalue weighted by atomic mass is 9.80. The van der Waals surface area contributed by atoms with E-state index in [9.17, 15) is 19.5 Å². The number of amides is 2. The Morgan fingerprint density at radius 2 is 1.87 bits per heavy atom. The molecule has 0 saturated heterocycles. The first-order valence-corrected chi connectivity index (χ1v) is 8.55. The van der Waals surface area contributed by atoms with E-state index in [1.54, 1.807) is 24.6 Å². The minimum absolute atomic E-state index is 0.123. The monoisotopic (exact) mass is 338 g/mol. The van der Waals surface area contributed by atoms with Gasteiger partial charge in [-0.3, -0.25) is 9.59 Å². The normalized spacial score (nSPS) is 16.6. The van der Waals surface area contributed by atoms with Crippen LogP contribution in [-0.2, 0) is 9.59 Å². The highest BCUT2D eigenvalue weighted by atomic mass is 32.1. The van der Waals surface area contributed by atoms with E-state index in [0.717, 1.165) is 19.3 Å². The first-order chi connectivity index (χ1) is 10.9. The van der Waals surface area contributed by atoms with Gasteiger partial charge in [0.25, 0.3) is 5.91 Å². The molecular formula is C16H22N2O4S. The second kappa shape index (κ2) is 7.12. The van der Waals surface area contributed by atoms with Crippen LogP contribution < -0.4 is 0 Å². The molecule has 2 rings (SSSR count). The number of rotatable bonds is 5. The van der Waals surface area contributed by atoms with Crippen LogP contribution in [-0.4, -0.2) is 58.9 Å². The average Bonchev–Trinajstić information content (AvgIpc) is 3.08. The van der Waals surface area contributed by atoms with Gasteiger partial charge in [-0.15, -0.1) is 11.3 Å². The second-order valence-corrected chi connectivity index (χ2v) is 6.94. The molecule has 1 heterocycles. The van der Waals surface area contributed by atoms with Crippen molar-refractivity contribution in [2.75, 3.05) is 20.6 Å². The molecule has 6 nitrogen and oxygen atoms in total. The van der Waals surface area contributed by atoms with Crippen molar-refractivity contribution in [1.82, 2.24) is 9.80 Å². The van der Waals surface area contributed by atoms with Crippen molar-refractivity contribution in [3.63, 3.8) is 0 Å². The minimum Gasteiger partial charge on any atom is -0.479 e. The fourth-order valence-electron chi connectivity index (χ4n) is 3.04. The maximum atomic E-state index is 12.5. The van der Waals surface area contributed by atoms with Gasteiger partial charge in [-0.1, -0.05) is 25.3 Å². The van der Waals surface area contributed by atoms with Gasteiger partial charge in [0.15, 0.2) is 0 Å². The molecule has 0 aromatic carbocycles. The van der Waals surface area contributed by atoms with Gasteiger partial charge in [0.05, 0.1) is 11.4 Å². The number of carboxylic acids is 1. The Morgan fingerprint density at radius 3 is 2.39 bits per heavy atom.